The fourth-order valence-corrected chi connectivity index (χ4v) is 4.23. The molecule has 0 atom stereocenters. The van der Waals surface area contributed by atoms with Crippen LogP contribution in [0.2, 0.25) is 0 Å². The van der Waals surface area contributed by atoms with E-state index in [4.69, 9.17) is 10.00 Å². The Kier molecular flexibility index (Phi) is 6.78. The van der Waals surface area contributed by atoms with Crippen molar-refractivity contribution in [2.45, 2.75) is 31.6 Å². The predicted octanol–water partition coefficient (Wildman–Crippen LogP) is 4.06. The average Bonchev–Trinajstić information content (AvgIpc) is 2.73. The van der Waals surface area contributed by atoms with Crippen LogP contribution in [0, 0.1) is 18.3 Å². The number of nitriles is 1. The van der Waals surface area contributed by atoms with E-state index in [1.54, 1.807) is 13.0 Å². The smallest absolute Gasteiger partial charge is 0.241 e. The van der Waals surface area contributed by atoms with E-state index in [9.17, 15) is 8.42 Å². The maximum atomic E-state index is 12.7. The Morgan fingerprint density at radius 1 is 0.931 bits per heavy atom. The molecule has 6 heteroatoms. The molecule has 1 N–H and O–H groups in total. The van der Waals surface area contributed by atoms with Crippen molar-refractivity contribution in [2.75, 3.05) is 0 Å². The van der Waals surface area contributed by atoms with Crippen molar-refractivity contribution in [3.63, 3.8) is 0 Å². The maximum absolute atomic E-state index is 12.7. The highest BCUT2D eigenvalue weighted by atomic mass is 32.2. The van der Waals surface area contributed by atoms with Gasteiger partial charge in [-0.25, -0.2) is 13.1 Å². The summed E-state index contributed by atoms with van der Waals surface area (Å²) in [7, 11) is -3.69. The molecule has 0 heterocycles. The first-order valence-electron chi connectivity index (χ1n) is 9.18. The second-order valence-corrected chi connectivity index (χ2v) is 8.40. The molecule has 0 amide bonds. The van der Waals surface area contributed by atoms with Crippen molar-refractivity contribution >= 4 is 10.0 Å². The lowest BCUT2D eigenvalue weighted by Crippen LogP contribution is -2.24. The summed E-state index contributed by atoms with van der Waals surface area (Å²) in [5, 5.41) is 8.95. The van der Waals surface area contributed by atoms with E-state index in [-0.39, 0.29) is 11.4 Å². The standard InChI is InChI=1S/C23H22N2O3S/c1-18-13-20(14-24)11-12-23(18)29(26,27)25-15-21-9-5-6-10-22(21)17-28-16-19-7-3-2-4-8-19/h2-13,25H,15-17H2,1H3. The zero-order valence-corrected chi connectivity index (χ0v) is 16.9. The molecular weight excluding hydrogens is 384 g/mol. The number of benzene rings is 3. The van der Waals surface area contributed by atoms with Crippen LogP contribution in [0.3, 0.4) is 0 Å². The summed E-state index contributed by atoms with van der Waals surface area (Å²) in [6.45, 7) is 2.72. The van der Waals surface area contributed by atoms with Gasteiger partial charge in [0.1, 0.15) is 0 Å². The van der Waals surface area contributed by atoms with E-state index >= 15 is 0 Å². The van der Waals surface area contributed by atoms with E-state index in [0.29, 0.717) is 24.3 Å². The molecule has 0 fully saturated rings. The molecule has 148 valence electrons. The van der Waals surface area contributed by atoms with Crippen LogP contribution in [-0.2, 0) is 34.5 Å². The number of aryl methyl sites for hydroxylation is 1. The van der Waals surface area contributed by atoms with Gasteiger partial charge in [0, 0.05) is 6.54 Å². The zero-order chi connectivity index (χ0) is 20.7. The van der Waals surface area contributed by atoms with Crippen LogP contribution in [-0.4, -0.2) is 8.42 Å². The van der Waals surface area contributed by atoms with Crippen LogP contribution in [0.15, 0.2) is 77.7 Å². The first kappa shape index (κ1) is 20.7. The number of ether oxygens (including phenoxy) is 1. The Labute approximate surface area is 171 Å². The minimum absolute atomic E-state index is 0.159. The van der Waals surface area contributed by atoms with Gasteiger partial charge in [-0.15, -0.1) is 0 Å². The summed E-state index contributed by atoms with van der Waals surface area (Å²) in [4.78, 5) is 0.175. The summed E-state index contributed by atoms with van der Waals surface area (Å²) in [5.41, 5.74) is 3.85. The van der Waals surface area contributed by atoms with Crippen molar-refractivity contribution < 1.29 is 13.2 Å². The molecule has 0 aromatic heterocycles. The lowest BCUT2D eigenvalue weighted by atomic mass is 10.1. The van der Waals surface area contributed by atoms with Crippen LogP contribution >= 0.6 is 0 Å². The fraction of sp³-hybridized carbons (Fsp3) is 0.174. The normalized spacial score (nSPS) is 11.2. The summed E-state index contributed by atoms with van der Waals surface area (Å²) in [6.07, 6.45) is 0. The molecule has 29 heavy (non-hydrogen) atoms. The first-order chi connectivity index (χ1) is 14.0. The molecule has 0 spiro atoms. The third-order valence-corrected chi connectivity index (χ3v) is 6.10. The van der Waals surface area contributed by atoms with E-state index in [2.05, 4.69) is 4.72 Å². The molecule has 5 nitrogen and oxygen atoms in total. The maximum Gasteiger partial charge on any atom is 0.241 e. The van der Waals surface area contributed by atoms with Crippen LogP contribution in [0.25, 0.3) is 0 Å². The van der Waals surface area contributed by atoms with E-state index in [1.165, 1.54) is 12.1 Å². The van der Waals surface area contributed by atoms with Crippen LogP contribution < -0.4 is 4.72 Å². The average molecular weight is 407 g/mol. The van der Waals surface area contributed by atoms with Crippen molar-refractivity contribution in [3.05, 3.63) is 101 Å². The van der Waals surface area contributed by atoms with Crippen molar-refractivity contribution in [1.29, 1.82) is 5.26 Å². The van der Waals surface area contributed by atoms with Crippen LogP contribution in [0.5, 0.6) is 0 Å². The molecule has 0 saturated heterocycles. The molecule has 0 unspecified atom stereocenters. The molecule has 0 aliphatic heterocycles. The topological polar surface area (TPSA) is 79.2 Å². The summed E-state index contributed by atoms with van der Waals surface area (Å²) in [5.74, 6) is 0. The number of nitrogens with one attached hydrogen (secondary N) is 1. The number of hydrogen-bond acceptors (Lipinski definition) is 4. The molecule has 0 radical (unpaired) electrons. The lowest BCUT2D eigenvalue weighted by molar-refractivity contribution is 0.106. The molecular formula is C23H22N2O3S. The van der Waals surface area contributed by atoms with Crippen molar-refractivity contribution in [1.82, 2.24) is 4.72 Å². The van der Waals surface area contributed by atoms with Crippen molar-refractivity contribution in [2.24, 2.45) is 0 Å². The quantitative estimate of drug-likeness (QED) is 0.612. The molecule has 3 aromatic rings. The fourth-order valence-electron chi connectivity index (χ4n) is 2.99. The Hall–Kier alpha value is -2.98. The molecule has 0 saturated carbocycles. The Balaban J connectivity index is 1.67. The highest BCUT2D eigenvalue weighted by Crippen LogP contribution is 2.18. The molecule has 3 rings (SSSR count). The van der Waals surface area contributed by atoms with Gasteiger partial charge in [0.25, 0.3) is 0 Å². The summed E-state index contributed by atoms with van der Waals surface area (Å²) in [6, 6.07) is 24.0. The highest BCUT2D eigenvalue weighted by Gasteiger charge is 2.17. The first-order valence-corrected chi connectivity index (χ1v) is 10.7. The Bertz CT molecular complexity index is 1120. The summed E-state index contributed by atoms with van der Waals surface area (Å²) < 4.78 is 33.9. The van der Waals surface area contributed by atoms with E-state index in [1.807, 2.05) is 60.7 Å². The zero-order valence-electron chi connectivity index (χ0n) is 16.1. The van der Waals surface area contributed by atoms with Crippen LogP contribution in [0.4, 0.5) is 0 Å². The minimum atomic E-state index is -3.69. The van der Waals surface area contributed by atoms with Gasteiger partial charge in [0.2, 0.25) is 10.0 Å². The monoisotopic (exact) mass is 406 g/mol. The summed E-state index contributed by atoms with van der Waals surface area (Å²) >= 11 is 0. The Morgan fingerprint density at radius 2 is 1.62 bits per heavy atom. The van der Waals surface area contributed by atoms with Gasteiger partial charge >= 0.3 is 0 Å². The minimum Gasteiger partial charge on any atom is -0.372 e. The largest absolute Gasteiger partial charge is 0.372 e. The SMILES string of the molecule is Cc1cc(C#N)ccc1S(=O)(=O)NCc1ccccc1COCc1ccccc1. The highest BCUT2D eigenvalue weighted by molar-refractivity contribution is 7.89. The van der Waals surface area contributed by atoms with Gasteiger partial charge in [-0.3, -0.25) is 0 Å². The number of sulfonamides is 1. The lowest BCUT2D eigenvalue weighted by Gasteiger charge is -2.13. The molecule has 0 bridgehead atoms. The van der Waals surface area contributed by atoms with E-state index < -0.39 is 10.0 Å². The molecule has 0 aliphatic carbocycles. The van der Waals surface area contributed by atoms with Crippen molar-refractivity contribution in [3.8, 4) is 6.07 Å². The van der Waals surface area contributed by atoms with E-state index in [0.717, 1.165) is 16.7 Å². The molecule has 0 aliphatic rings. The number of hydrogen-bond donors (Lipinski definition) is 1. The second kappa shape index (κ2) is 9.48. The molecule has 3 aromatic carbocycles. The third-order valence-electron chi connectivity index (χ3n) is 4.53. The van der Waals surface area contributed by atoms with Crippen LogP contribution in [0.1, 0.15) is 27.8 Å². The third kappa shape index (κ3) is 5.52. The number of rotatable bonds is 8. The van der Waals surface area contributed by atoms with Gasteiger partial charge < -0.3 is 4.74 Å². The van der Waals surface area contributed by atoms with Gasteiger partial charge in [0.15, 0.2) is 0 Å². The van der Waals surface area contributed by atoms with Gasteiger partial charge in [-0.05, 0) is 47.4 Å². The van der Waals surface area contributed by atoms with Gasteiger partial charge in [-0.1, -0.05) is 54.6 Å². The van der Waals surface area contributed by atoms with Gasteiger partial charge in [0.05, 0.1) is 29.7 Å². The second-order valence-electron chi connectivity index (χ2n) is 6.66. The predicted molar refractivity (Wildman–Crippen MR) is 111 cm³/mol. The Morgan fingerprint density at radius 3 is 2.31 bits per heavy atom. The van der Waals surface area contributed by atoms with Gasteiger partial charge in [-0.2, -0.15) is 5.26 Å². The number of nitrogens with zero attached hydrogens (tertiary/aromatic N) is 1.